The van der Waals surface area contributed by atoms with Crippen molar-refractivity contribution in [2.45, 2.75) is 18.9 Å². The zero-order valence-corrected chi connectivity index (χ0v) is 12.7. The molecule has 1 aromatic heterocycles. The Morgan fingerprint density at radius 1 is 1.45 bits per heavy atom. The fraction of sp³-hybridized carbons (Fsp3) is 0.429. The summed E-state index contributed by atoms with van der Waals surface area (Å²) < 4.78 is 1.98. The minimum absolute atomic E-state index is 0.111. The van der Waals surface area contributed by atoms with Crippen molar-refractivity contribution in [1.82, 2.24) is 14.5 Å². The molecule has 1 aromatic carbocycles. The molecule has 1 amide bonds. The van der Waals surface area contributed by atoms with Gasteiger partial charge in [0, 0.05) is 25.9 Å². The molecule has 20 heavy (non-hydrogen) atoms. The van der Waals surface area contributed by atoms with Crippen LogP contribution in [0.1, 0.15) is 18.3 Å². The molecule has 1 saturated heterocycles. The van der Waals surface area contributed by atoms with Crippen LogP contribution in [0.5, 0.6) is 0 Å². The van der Waals surface area contributed by atoms with Gasteiger partial charge < -0.3 is 9.47 Å². The standard InChI is InChI=1S/C14H15Cl2N3O/c1-18-8-6-11(14(18)20)19-12(5-7-15)17-10-4-2-3-9(16)13(10)19/h2-4,11H,5-8H2,1H3. The Hall–Kier alpha value is -1.26. The van der Waals surface area contributed by atoms with E-state index in [1.54, 1.807) is 4.90 Å². The molecule has 1 atom stereocenters. The second-order valence-electron chi connectivity index (χ2n) is 5.01. The zero-order valence-electron chi connectivity index (χ0n) is 11.1. The molecule has 1 unspecified atom stereocenters. The van der Waals surface area contributed by atoms with Gasteiger partial charge in [0.1, 0.15) is 11.9 Å². The maximum Gasteiger partial charge on any atom is 0.245 e. The molecular formula is C14H15Cl2N3O. The first-order chi connectivity index (χ1) is 9.63. The first kappa shape index (κ1) is 13.7. The number of likely N-dealkylation sites (tertiary alicyclic amines) is 1. The van der Waals surface area contributed by atoms with Crippen LogP contribution in [-0.2, 0) is 11.2 Å². The van der Waals surface area contributed by atoms with Crippen molar-refractivity contribution in [2.75, 3.05) is 19.5 Å². The molecule has 1 aliphatic heterocycles. The van der Waals surface area contributed by atoms with E-state index < -0.39 is 0 Å². The number of hydrogen-bond acceptors (Lipinski definition) is 2. The second kappa shape index (κ2) is 5.26. The van der Waals surface area contributed by atoms with Gasteiger partial charge in [-0.3, -0.25) is 4.79 Å². The van der Waals surface area contributed by atoms with Gasteiger partial charge in [0.05, 0.1) is 16.1 Å². The molecule has 6 heteroatoms. The molecule has 0 saturated carbocycles. The molecule has 4 nitrogen and oxygen atoms in total. The predicted octanol–water partition coefficient (Wildman–Crippen LogP) is 2.87. The normalized spacial score (nSPS) is 19.2. The first-order valence-electron chi connectivity index (χ1n) is 6.59. The van der Waals surface area contributed by atoms with Gasteiger partial charge in [-0.15, -0.1) is 11.6 Å². The van der Waals surface area contributed by atoms with E-state index in [4.69, 9.17) is 23.2 Å². The minimum atomic E-state index is -0.219. The highest BCUT2D eigenvalue weighted by atomic mass is 35.5. The van der Waals surface area contributed by atoms with Crippen molar-refractivity contribution in [2.24, 2.45) is 0 Å². The lowest BCUT2D eigenvalue weighted by molar-refractivity contribution is -0.129. The van der Waals surface area contributed by atoms with Crippen molar-refractivity contribution in [1.29, 1.82) is 0 Å². The molecule has 106 valence electrons. The van der Waals surface area contributed by atoms with Crippen molar-refractivity contribution >= 4 is 40.1 Å². The molecule has 1 aliphatic rings. The van der Waals surface area contributed by atoms with Gasteiger partial charge in [0.15, 0.2) is 0 Å². The lowest BCUT2D eigenvalue weighted by atomic mass is 10.2. The summed E-state index contributed by atoms with van der Waals surface area (Å²) in [5.74, 6) is 1.41. The maximum absolute atomic E-state index is 12.3. The molecular weight excluding hydrogens is 297 g/mol. The summed E-state index contributed by atoms with van der Waals surface area (Å²) in [5, 5.41) is 0.623. The summed E-state index contributed by atoms with van der Waals surface area (Å²) in [6.45, 7) is 0.758. The van der Waals surface area contributed by atoms with Gasteiger partial charge in [-0.1, -0.05) is 17.7 Å². The van der Waals surface area contributed by atoms with Crippen LogP contribution in [0.3, 0.4) is 0 Å². The van der Waals surface area contributed by atoms with Gasteiger partial charge in [-0.2, -0.15) is 0 Å². The smallest absolute Gasteiger partial charge is 0.245 e. The van der Waals surface area contributed by atoms with E-state index in [-0.39, 0.29) is 11.9 Å². The van der Waals surface area contributed by atoms with Crippen molar-refractivity contribution in [3.05, 3.63) is 29.0 Å². The number of benzene rings is 1. The third kappa shape index (κ3) is 2.07. The van der Waals surface area contributed by atoms with Gasteiger partial charge >= 0.3 is 0 Å². The average molecular weight is 312 g/mol. The lowest BCUT2D eigenvalue weighted by Gasteiger charge is -2.16. The van der Waals surface area contributed by atoms with Crippen LogP contribution in [0.25, 0.3) is 11.0 Å². The third-order valence-corrected chi connectivity index (χ3v) is 4.26. The Bertz CT molecular complexity index is 668. The fourth-order valence-corrected chi connectivity index (χ4v) is 3.22. The zero-order chi connectivity index (χ0) is 14.3. The van der Waals surface area contributed by atoms with E-state index in [0.717, 1.165) is 29.8 Å². The highest BCUT2D eigenvalue weighted by Gasteiger charge is 2.33. The molecule has 0 bridgehead atoms. The summed E-state index contributed by atoms with van der Waals surface area (Å²) in [5.41, 5.74) is 1.66. The van der Waals surface area contributed by atoms with E-state index in [9.17, 15) is 4.79 Å². The van der Waals surface area contributed by atoms with Crippen LogP contribution in [0.15, 0.2) is 18.2 Å². The summed E-state index contributed by atoms with van der Waals surface area (Å²) >= 11 is 12.2. The third-order valence-electron chi connectivity index (χ3n) is 3.76. The Labute approximate surface area is 127 Å². The van der Waals surface area contributed by atoms with E-state index in [0.29, 0.717) is 17.3 Å². The van der Waals surface area contributed by atoms with Crippen molar-refractivity contribution in [3.8, 4) is 0 Å². The van der Waals surface area contributed by atoms with Gasteiger partial charge in [0.2, 0.25) is 5.91 Å². The number of aryl methyl sites for hydroxylation is 1. The van der Waals surface area contributed by atoms with Crippen LogP contribution in [0, 0.1) is 0 Å². The van der Waals surface area contributed by atoms with Crippen molar-refractivity contribution < 1.29 is 4.79 Å². The van der Waals surface area contributed by atoms with Crippen LogP contribution >= 0.6 is 23.2 Å². The second-order valence-corrected chi connectivity index (χ2v) is 5.79. The summed E-state index contributed by atoms with van der Waals surface area (Å²) in [6.07, 6.45) is 1.40. The number of rotatable bonds is 3. The molecule has 0 radical (unpaired) electrons. The maximum atomic E-state index is 12.3. The highest BCUT2D eigenvalue weighted by Crippen LogP contribution is 2.32. The summed E-state index contributed by atoms with van der Waals surface area (Å²) in [6, 6.07) is 5.40. The number of halogens is 2. The number of carbonyl (C=O) groups excluding carboxylic acids is 1. The number of para-hydroxylation sites is 1. The average Bonchev–Trinajstić information content (AvgIpc) is 2.93. The topological polar surface area (TPSA) is 38.1 Å². The number of hydrogen-bond donors (Lipinski definition) is 0. The number of aromatic nitrogens is 2. The number of alkyl halides is 1. The van der Waals surface area contributed by atoms with Crippen LogP contribution in [-0.4, -0.2) is 39.8 Å². The molecule has 0 N–H and O–H groups in total. The molecule has 0 aliphatic carbocycles. The molecule has 2 aromatic rings. The van der Waals surface area contributed by atoms with E-state index >= 15 is 0 Å². The number of amides is 1. The van der Waals surface area contributed by atoms with Gasteiger partial charge in [-0.25, -0.2) is 4.98 Å². The Morgan fingerprint density at radius 2 is 2.25 bits per heavy atom. The summed E-state index contributed by atoms with van der Waals surface area (Å²) in [4.78, 5) is 18.7. The van der Waals surface area contributed by atoms with E-state index in [2.05, 4.69) is 4.98 Å². The van der Waals surface area contributed by atoms with Crippen molar-refractivity contribution in [3.63, 3.8) is 0 Å². The molecule has 0 spiro atoms. The number of nitrogens with zero attached hydrogens (tertiary/aromatic N) is 3. The molecule has 1 fully saturated rings. The predicted molar refractivity (Wildman–Crippen MR) is 80.5 cm³/mol. The Kier molecular flexibility index (Phi) is 3.61. The van der Waals surface area contributed by atoms with Crippen LogP contribution < -0.4 is 0 Å². The fourth-order valence-electron chi connectivity index (χ4n) is 2.79. The lowest BCUT2D eigenvalue weighted by Crippen LogP contribution is -2.25. The van der Waals surface area contributed by atoms with E-state index in [1.807, 2.05) is 29.8 Å². The first-order valence-corrected chi connectivity index (χ1v) is 7.51. The van der Waals surface area contributed by atoms with Crippen LogP contribution in [0.4, 0.5) is 0 Å². The number of carbonyl (C=O) groups is 1. The Balaban J connectivity index is 2.21. The largest absolute Gasteiger partial charge is 0.344 e. The van der Waals surface area contributed by atoms with Gasteiger partial charge in [0.25, 0.3) is 0 Å². The highest BCUT2D eigenvalue weighted by molar-refractivity contribution is 6.35. The number of likely N-dealkylation sites (N-methyl/N-ethyl adjacent to an activating group) is 1. The number of imidazole rings is 1. The van der Waals surface area contributed by atoms with Gasteiger partial charge in [-0.05, 0) is 18.6 Å². The monoisotopic (exact) mass is 311 g/mol. The molecule has 2 heterocycles. The van der Waals surface area contributed by atoms with E-state index in [1.165, 1.54) is 0 Å². The summed E-state index contributed by atoms with van der Waals surface area (Å²) in [7, 11) is 1.82. The van der Waals surface area contributed by atoms with Crippen LogP contribution in [0.2, 0.25) is 5.02 Å². The SMILES string of the molecule is CN1CCC(n2c(CCCl)nc3cccc(Cl)c32)C1=O. The quantitative estimate of drug-likeness (QED) is 0.817. The minimum Gasteiger partial charge on any atom is -0.344 e. The Morgan fingerprint density at radius 3 is 2.90 bits per heavy atom. The molecule has 3 rings (SSSR count). The number of fused-ring (bicyclic) bond motifs is 1.